The summed E-state index contributed by atoms with van der Waals surface area (Å²) in [7, 11) is 0. The predicted octanol–water partition coefficient (Wildman–Crippen LogP) is 1.96. The van der Waals surface area contributed by atoms with Gasteiger partial charge in [-0.05, 0) is 50.9 Å². The van der Waals surface area contributed by atoms with Gasteiger partial charge in [0.15, 0.2) is 0 Å². The molecule has 1 aromatic rings. The number of amides is 1. The molecule has 2 N–H and O–H groups in total. The summed E-state index contributed by atoms with van der Waals surface area (Å²) >= 11 is 0. The number of rotatable bonds is 7. The second-order valence-electron chi connectivity index (χ2n) is 5.44. The van der Waals surface area contributed by atoms with Crippen LogP contribution in [0.2, 0.25) is 0 Å². The maximum Gasteiger partial charge on any atom is 0.220 e. The molecule has 1 aliphatic heterocycles. The van der Waals surface area contributed by atoms with E-state index in [0.29, 0.717) is 18.9 Å². The fourth-order valence-electron chi connectivity index (χ4n) is 2.42. The molecule has 1 aliphatic rings. The van der Waals surface area contributed by atoms with Crippen LogP contribution in [-0.2, 0) is 4.79 Å². The first-order valence-electron chi connectivity index (χ1n) is 7.43. The molecule has 0 radical (unpaired) electrons. The minimum absolute atomic E-state index is 0.0190. The first kappa shape index (κ1) is 14.9. The van der Waals surface area contributed by atoms with Crippen molar-refractivity contribution in [2.45, 2.75) is 32.3 Å². The number of para-hydroxylation sites is 1. The van der Waals surface area contributed by atoms with Crippen molar-refractivity contribution in [2.24, 2.45) is 5.92 Å². The van der Waals surface area contributed by atoms with Gasteiger partial charge in [0, 0.05) is 6.42 Å². The molecule has 2 atom stereocenters. The molecular formula is C16H24N2O2. The Morgan fingerprint density at radius 2 is 2.25 bits per heavy atom. The summed E-state index contributed by atoms with van der Waals surface area (Å²) in [5.74, 6) is 1.63. The van der Waals surface area contributed by atoms with Gasteiger partial charge in [0.2, 0.25) is 5.91 Å². The van der Waals surface area contributed by atoms with Crippen molar-refractivity contribution in [1.29, 1.82) is 0 Å². The average molecular weight is 276 g/mol. The third kappa shape index (κ3) is 5.21. The molecule has 0 spiro atoms. The lowest BCUT2D eigenvalue weighted by Gasteiger charge is -2.15. The van der Waals surface area contributed by atoms with Crippen LogP contribution in [0.15, 0.2) is 30.3 Å². The third-order valence-electron chi connectivity index (χ3n) is 3.61. The normalized spacial score (nSPS) is 19.6. The molecule has 0 aromatic heterocycles. The van der Waals surface area contributed by atoms with E-state index in [9.17, 15) is 4.79 Å². The lowest BCUT2D eigenvalue weighted by molar-refractivity contribution is -0.121. The van der Waals surface area contributed by atoms with E-state index in [-0.39, 0.29) is 12.0 Å². The molecule has 4 heteroatoms. The Labute approximate surface area is 120 Å². The van der Waals surface area contributed by atoms with Crippen LogP contribution in [0, 0.1) is 5.92 Å². The minimum atomic E-state index is -0.0190. The summed E-state index contributed by atoms with van der Waals surface area (Å²) in [5.41, 5.74) is 0. The van der Waals surface area contributed by atoms with Crippen molar-refractivity contribution in [3.05, 3.63) is 30.3 Å². The van der Waals surface area contributed by atoms with Gasteiger partial charge in [0.05, 0.1) is 6.54 Å². The van der Waals surface area contributed by atoms with Gasteiger partial charge >= 0.3 is 0 Å². The summed E-state index contributed by atoms with van der Waals surface area (Å²) in [6.07, 6.45) is 2.77. The zero-order valence-corrected chi connectivity index (χ0v) is 12.1. The van der Waals surface area contributed by atoms with Gasteiger partial charge in [0.1, 0.15) is 11.9 Å². The average Bonchev–Trinajstić information content (AvgIpc) is 2.97. The lowest BCUT2D eigenvalue weighted by atomic mass is 10.0. The van der Waals surface area contributed by atoms with Crippen LogP contribution >= 0.6 is 0 Å². The van der Waals surface area contributed by atoms with Crippen molar-refractivity contribution >= 4 is 5.91 Å². The SMILES string of the molecule is CC(CNC(=O)CCC1CCNC1)Oc1ccccc1. The van der Waals surface area contributed by atoms with Crippen molar-refractivity contribution in [3.8, 4) is 5.75 Å². The van der Waals surface area contributed by atoms with Gasteiger partial charge in [-0.3, -0.25) is 4.79 Å². The standard InChI is InChI=1S/C16H24N2O2/c1-13(20-15-5-3-2-4-6-15)11-18-16(19)8-7-14-9-10-17-12-14/h2-6,13-14,17H,7-12H2,1H3,(H,18,19). The van der Waals surface area contributed by atoms with Crippen LogP contribution < -0.4 is 15.4 Å². The summed E-state index contributed by atoms with van der Waals surface area (Å²) in [6, 6.07) is 9.68. The Bertz CT molecular complexity index is 402. The fraction of sp³-hybridized carbons (Fsp3) is 0.562. The van der Waals surface area contributed by atoms with Crippen LogP contribution in [0.25, 0.3) is 0 Å². The highest BCUT2D eigenvalue weighted by Gasteiger charge is 2.15. The van der Waals surface area contributed by atoms with Crippen molar-refractivity contribution in [3.63, 3.8) is 0 Å². The molecular weight excluding hydrogens is 252 g/mol. The summed E-state index contributed by atoms with van der Waals surface area (Å²) in [5, 5.41) is 6.26. The van der Waals surface area contributed by atoms with E-state index in [1.54, 1.807) is 0 Å². The Morgan fingerprint density at radius 3 is 2.95 bits per heavy atom. The Hall–Kier alpha value is -1.55. The first-order valence-corrected chi connectivity index (χ1v) is 7.43. The molecule has 4 nitrogen and oxygen atoms in total. The summed E-state index contributed by atoms with van der Waals surface area (Å²) in [6.45, 7) is 4.67. The van der Waals surface area contributed by atoms with E-state index in [2.05, 4.69) is 10.6 Å². The predicted molar refractivity (Wildman–Crippen MR) is 79.8 cm³/mol. The second-order valence-corrected chi connectivity index (χ2v) is 5.44. The largest absolute Gasteiger partial charge is 0.489 e. The number of hydrogen-bond donors (Lipinski definition) is 2. The molecule has 0 saturated carbocycles. The molecule has 1 aromatic carbocycles. The van der Waals surface area contributed by atoms with Gasteiger partial charge in [-0.2, -0.15) is 0 Å². The lowest BCUT2D eigenvalue weighted by Crippen LogP contribution is -2.33. The maximum atomic E-state index is 11.8. The fourth-order valence-corrected chi connectivity index (χ4v) is 2.42. The van der Waals surface area contributed by atoms with Crippen molar-refractivity contribution in [1.82, 2.24) is 10.6 Å². The van der Waals surface area contributed by atoms with E-state index in [1.165, 1.54) is 6.42 Å². The number of benzene rings is 1. The van der Waals surface area contributed by atoms with Gasteiger partial charge < -0.3 is 15.4 Å². The van der Waals surface area contributed by atoms with Crippen molar-refractivity contribution in [2.75, 3.05) is 19.6 Å². The smallest absolute Gasteiger partial charge is 0.220 e. The van der Waals surface area contributed by atoms with Crippen LogP contribution in [-0.4, -0.2) is 31.6 Å². The number of carbonyl (C=O) groups is 1. The number of ether oxygens (including phenoxy) is 1. The van der Waals surface area contributed by atoms with E-state index in [0.717, 1.165) is 25.3 Å². The first-order chi connectivity index (χ1) is 9.74. The third-order valence-corrected chi connectivity index (χ3v) is 3.61. The van der Waals surface area contributed by atoms with Crippen molar-refractivity contribution < 1.29 is 9.53 Å². The molecule has 20 heavy (non-hydrogen) atoms. The molecule has 1 heterocycles. The monoisotopic (exact) mass is 276 g/mol. The maximum absolute atomic E-state index is 11.8. The quantitative estimate of drug-likeness (QED) is 0.800. The summed E-state index contributed by atoms with van der Waals surface area (Å²) in [4.78, 5) is 11.8. The van der Waals surface area contributed by atoms with E-state index in [4.69, 9.17) is 4.74 Å². The highest BCUT2D eigenvalue weighted by Crippen LogP contribution is 2.14. The zero-order valence-electron chi connectivity index (χ0n) is 12.1. The van der Waals surface area contributed by atoms with Gasteiger partial charge in [-0.1, -0.05) is 18.2 Å². The molecule has 2 rings (SSSR count). The molecule has 1 saturated heterocycles. The zero-order chi connectivity index (χ0) is 14.2. The van der Waals surface area contributed by atoms with Crippen LogP contribution in [0.4, 0.5) is 0 Å². The summed E-state index contributed by atoms with van der Waals surface area (Å²) < 4.78 is 5.72. The van der Waals surface area contributed by atoms with E-state index in [1.807, 2.05) is 37.3 Å². The number of carbonyl (C=O) groups excluding carboxylic acids is 1. The van der Waals surface area contributed by atoms with Gasteiger partial charge in [0.25, 0.3) is 0 Å². The minimum Gasteiger partial charge on any atom is -0.489 e. The van der Waals surface area contributed by atoms with Crippen LogP contribution in [0.1, 0.15) is 26.2 Å². The molecule has 1 amide bonds. The molecule has 1 fully saturated rings. The van der Waals surface area contributed by atoms with Crippen LogP contribution in [0.3, 0.4) is 0 Å². The highest BCUT2D eigenvalue weighted by molar-refractivity contribution is 5.75. The Morgan fingerprint density at radius 1 is 1.45 bits per heavy atom. The number of hydrogen-bond acceptors (Lipinski definition) is 3. The Kier molecular flexibility index (Phi) is 5.87. The molecule has 110 valence electrons. The highest BCUT2D eigenvalue weighted by atomic mass is 16.5. The van der Waals surface area contributed by atoms with E-state index >= 15 is 0 Å². The molecule has 0 bridgehead atoms. The topological polar surface area (TPSA) is 50.4 Å². The number of nitrogens with one attached hydrogen (secondary N) is 2. The van der Waals surface area contributed by atoms with Gasteiger partial charge in [-0.25, -0.2) is 0 Å². The second kappa shape index (κ2) is 7.90. The molecule has 2 unspecified atom stereocenters. The van der Waals surface area contributed by atoms with E-state index < -0.39 is 0 Å². The van der Waals surface area contributed by atoms with Gasteiger partial charge in [-0.15, -0.1) is 0 Å². The molecule has 0 aliphatic carbocycles. The Balaban J connectivity index is 1.60. The van der Waals surface area contributed by atoms with Crippen LogP contribution in [0.5, 0.6) is 5.75 Å².